The van der Waals surface area contributed by atoms with Gasteiger partial charge in [-0.2, -0.15) is 0 Å². The molecular formula is C16H26N2O2. The van der Waals surface area contributed by atoms with Crippen molar-refractivity contribution in [1.82, 2.24) is 10.2 Å². The van der Waals surface area contributed by atoms with Crippen molar-refractivity contribution < 1.29 is 9.90 Å². The van der Waals surface area contributed by atoms with Crippen LogP contribution in [-0.4, -0.2) is 42.2 Å². The van der Waals surface area contributed by atoms with Crippen molar-refractivity contribution in [3.63, 3.8) is 0 Å². The number of nitrogens with zero attached hydrogens (tertiary/aromatic N) is 1. The van der Waals surface area contributed by atoms with Crippen LogP contribution in [0.15, 0.2) is 30.3 Å². The molecule has 4 nitrogen and oxygen atoms in total. The summed E-state index contributed by atoms with van der Waals surface area (Å²) in [4.78, 5) is 14.2. The lowest BCUT2D eigenvalue weighted by Gasteiger charge is -2.35. The van der Waals surface area contributed by atoms with Gasteiger partial charge in [0.05, 0.1) is 0 Å². The van der Waals surface area contributed by atoms with E-state index in [4.69, 9.17) is 0 Å². The Hall–Kier alpha value is -1.39. The van der Waals surface area contributed by atoms with Crippen molar-refractivity contribution in [2.24, 2.45) is 0 Å². The average molecular weight is 278 g/mol. The fraction of sp³-hybridized carbons (Fsp3) is 0.562. The van der Waals surface area contributed by atoms with Crippen molar-refractivity contribution in [3.8, 4) is 0 Å². The maximum absolute atomic E-state index is 12.0. The minimum absolute atomic E-state index is 0.477. The minimum Gasteiger partial charge on any atom is -0.480 e. The van der Waals surface area contributed by atoms with Gasteiger partial charge in [0.1, 0.15) is 0 Å². The van der Waals surface area contributed by atoms with E-state index < -0.39 is 11.5 Å². The third kappa shape index (κ3) is 3.81. The molecule has 0 aliphatic heterocycles. The van der Waals surface area contributed by atoms with Crippen LogP contribution in [0.4, 0.5) is 0 Å². The lowest BCUT2D eigenvalue weighted by Crippen LogP contribution is -2.56. The molecule has 0 saturated carbocycles. The molecule has 0 fully saturated rings. The molecule has 0 aliphatic carbocycles. The molecule has 1 unspecified atom stereocenters. The van der Waals surface area contributed by atoms with E-state index in [1.807, 2.05) is 37.3 Å². The lowest BCUT2D eigenvalue weighted by molar-refractivity contribution is -0.146. The van der Waals surface area contributed by atoms with Gasteiger partial charge in [0.2, 0.25) is 0 Å². The molecule has 1 aromatic rings. The number of aliphatic carboxylic acids is 1. The number of hydrogen-bond acceptors (Lipinski definition) is 3. The molecule has 0 aliphatic rings. The van der Waals surface area contributed by atoms with Gasteiger partial charge in [0.25, 0.3) is 0 Å². The van der Waals surface area contributed by atoms with Gasteiger partial charge >= 0.3 is 5.97 Å². The SMILES string of the molecule is CCCN(CC)CC(NCC)(C(=O)O)c1ccccc1. The van der Waals surface area contributed by atoms with E-state index in [1.165, 1.54) is 0 Å². The molecule has 4 heteroatoms. The molecule has 112 valence electrons. The monoisotopic (exact) mass is 278 g/mol. The Labute approximate surface area is 121 Å². The summed E-state index contributed by atoms with van der Waals surface area (Å²) >= 11 is 0. The summed E-state index contributed by atoms with van der Waals surface area (Å²) in [7, 11) is 0. The maximum Gasteiger partial charge on any atom is 0.329 e. The summed E-state index contributed by atoms with van der Waals surface area (Å²) < 4.78 is 0. The molecular weight excluding hydrogens is 252 g/mol. The van der Waals surface area contributed by atoms with Crippen LogP contribution in [0.5, 0.6) is 0 Å². The van der Waals surface area contributed by atoms with Crippen molar-refractivity contribution in [2.45, 2.75) is 32.7 Å². The molecule has 0 bridgehead atoms. The highest BCUT2D eigenvalue weighted by molar-refractivity contribution is 5.81. The minimum atomic E-state index is -1.04. The second kappa shape index (κ2) is 8.02. The second-order valence-electron chi connectivity index (χ2n) is 4.98. The Morgan fingerprint density at radius 2 is 1.90 bits per heavy atom. The summed E-state index contributed by atoms with van der Waals surface area (Å²) in [5.74, 6) is -0.819. The van der Waals surface area contributed by atoms with E-state index in [-0.39, 0.29) is 0 Å². The summed E-state index contributed by atoms with van der Waals surface area (Å²) in [6.45, 7) is 8.97. The van der Waals surface area contributed by atoms with Gasteiger partial charge in [-0.05, 0) is 31.6 Å². The highest BCUT2D eigenvalue weighted by Gasteiger charge is 2.40. The standard InChI is InChI=1S/C16H26N2O2/c1-4-12-18(6-3)13-16(15(19)20,17-5-2)14-10-8-7-9-11-14/h7-11,17H,4-6,12-13H2,1-3H3,(H,19,20). The first kappa shape index (κ1) is 16.7. The van der Waals surface area contributed by atoms with Crippen LogP contribution in [0.2, 0.25) is 0 Å². The number of hydrogen-bond donors (Lipinski definition) is 2. The quantitative estimate of drug-likeness (QED) is 0.728. The molecule has 1 atom stereocenters. The van der Waals surface area contributed by atoms with E-state index in [1.54, 1.807) is 0 Å². The third-order valence-electron chi connectivity index (χ3n) is 3.56. The summed E-state index contributed by atoms with van der Waals surface area (Å²) in [5.41, 5.74) is -0.231. The van der Waals surface area contributed by atoms with Gasteiger partial charge in [-0.1, -0.05) is 51.1 Å². The van der Waals surface area contributed by atoms with Gasteiger partial charge < -0.3 is 10.0 Å². The number of nitrogens with one attached hydrogen (secondary N) is 1. The van der Waals surface area contributed by atoms with Crippen molar-refractivity contribution >= 4 is 5.97 Å². The maximum atomic E-state index is 12.0. The van der Waals surface area contributed by atoms with Crippen LogP contribution in [0.3, 0.4) is 0 Å². The number of benzene rings is 1. The van der Waals surface area contributed by atoms with Crippen molar-refractivity contribution in [3.05, 3.63) is 35.9 Å². The van der Waals surface area contributed by atoms with Gasteiger partial charge in [0.15, 0.2) is 5.54 Å². The average Bonchev–Trinajstić information content (AvgIpc) is 2.46. The number of likely N-dealkylation sites (N-methyl/N-ethyl adjacent to an activating group) is 2. The topological polar surface area (TPSA) is 52.6 Å². The van der Waals surface area contributed by atoms with Crippen LogP contribution in [-0.2, 0) is 10.3 Å². The Balaban J connectivity index is 3.14. The molecule has 0 radical (unpaired) electrons. The van der Waals surface area contributed by atoms with E-state index in [0.717, 1.165) is 25.1 Å². The number of carboxylic acids is 1. The zero-order valence-electron chi connectivity index (χ0n) is 12.7. The zero-order chi connectivity index (χ0) is 15.0. The fourth-order valence-corrected chi connectivity index (χ4v) is 2.54. The van der Waals surface area contributed by atoms with Crippen LogP contribution in [0, 0.1) is 0 Å². The summed E-state index contributed by atoms with van der Waals surface area (Å²) in [6, 6.07) is 9.46. The fourth-order valence-electron chi connectivity index (χ4n) is 2.54. The highest BCUT2D eigenvalue weighted by Crippen LogP contribution is 2.23. The number of carboxylic acid groups (broad SMARTS) is 1. The normalized spacial score (nSPS) is 14.2. The smallest absolute Gasteiger partial charge is 0.329 e. The number of rotatable bonds is 9. The van der Waals surface area contributed by atoms with E-state index >= 15 is 0 Å². The van der Waals surface area contributed by atoms with Gasteiger partial charge in [-0.15, -0.1) is 0 Å². The molecule has 0 aromatic heterocycles. The van der Waals surface area contributed by atoms with Crippen LogP contribution < -0.4 is 5.32 Å². The second-order valence-corrected chi connectivity index (χ2v) is 4.98. The molecule has 0 amide bonds. The predicted octanol–water partition coefficient (Wildman–Crippen LogP) is 2.31. The predicted molar refractivity (Wildman–Crippen MR) is 81.8 cm³/mol. The lowest BCUT2D eigenvalue weighted by atomic mass is 9.89. The first-order valence-corrected chi connectivity index (χ1v) is 7.37. The first-order valence-electron chi connectivity index (χ1n) is 7.37. The van der Waals surface area contributed by atoms with Gasteiger partial charge in [-0.3, -0.25) is 5.32 Å². The Morgan fingerprint density at radius 3 is 2.35 bits per heavy atom. The van der Waals surface area contributed by atoms with Gasteiger partial charge in [-0.25, -0.2) is 4.79 Å². The molecule has 1 aromatic carbocycles. The van der Waals surface area contributed by atoms with E-state index in [9.17, 15) is 9.90 Å². The van der Waals surface area contributed by atoms with E-state index in [2.05, 4.69) is 24.1 Å². The Morgan fingerprint density at radius 1 is 1.25 bits per heavy atom. The van der Waals surface area contributed by atoms with Crippen LogP contribution in [0.25, 0.3) is 0 Å². The van der Waals surface area contributed by atoms with Crippen LogP contribution >= 0.6 is 0 Å². The van der Waals surface area contributed by atoms with Crippen molar-refractivity contribution in [1.29, 1.82) is 0 Å². The molecule has 0 saturated heterocycles. The summed E-state index contributed by atoms with van der Waals surface area (Å²) in [6.07, 6.45) is 1.02. The van der Waals surface area contributed by atoms with Crippen LogP contribution in [0.1, 0.15) is 32.8 Å². The highest BCUT2D eigenvalue weighted by atomic mass is 16.4. The first-order chi connectivity index (χ1) is 9.60. The third-order valence-corrected chi connectivity index (χ3v) is 3.56. The Kier molecular flexibility index (Phi) is 6.68. The molecule has 2 N–H and O–H groups in total. The largest absolute Gasteiger partial charge is 0.480 e. The molecule has 20 heavy (non-hydrogen) atoms. The molecule has 0 heterocycles. The zero-order valence-corrected chi connectivity index (χ0v) is 12.7. The van der Waals surface area contributed by atoms with Crippen molar-refractivity contribution in [2.75, 3.05) is 26.2 Å². The van der Waals surface area contributed by atoms with E-state index in [0.29, 0.717) is 13.1 Å². The summed E-state index contributed by atoms with van der Waals surface area (Å²) in [5, 5.41) is 13.0. The number of carbonyl (C=O) groups is 1. The molecule has 1 rings (SSSR count). The Bertz CT molecular complexity index is 408. The van der Waals surface area contributed by atoms with Gasteiger partial charge in [0, 0.05) is 6.54 Å². The molecule has 0 spiro atoms.